The molecule has 4 N–H and O–H groups in total. The van der Waals surface area contributed by atoms with Crippen molar-refractivity contribution in [1.29, 1.82) is 0 Å². The van der Waals surface area contributed by atoms with Gasteiger partial charge in [0.25, 0.3) is 0 Å². The number of carbonyl (C=O) groups excluding carboxylic acids is 2. The van der Waals surface area contributed by atoms with Crippen molar-refractivity contribution in [2.75, 3.05) is 23.8 Å². The highest BCUT2D eigenvalue weighted by Crippen LogP contribution is 2.31. The second kappa shape index (κ2) is 17.0. The smallest absolute Gasteiger partial charge is 0.413 e. The molecule has 1 unspecified atom stereocenters. The van der Waals surface area contributed by atoms with Crippen molar-refractivity contribution in [1.82, 2.24) is 19.9 Å². The Bertz CT molecular complexity index is 1730. The standard InChI is InChI=1S/C33H36N6O8S/c40-28(41)15-25(36-32(43)46-19-22-7-3-1-4-8-22)17-39-18-27(24-11-13-45-14-12-24)29(37-31(39)42)34-16-26-21-48-30(35-26)38-33(44)47-20-23-9-5-2-6-10-23/h1-10,18,21,24-25H,11-17,19-20H2,(H,36,43)(H,40,41)(H,34,37,42)(H,35,38,44). The summed E-state index contributed by atoms with van der Waals surface area (Å²) < 4.78 is 17.4. The minimum atomic E-state index is -1.14. The normalized spacial score (nSPS) is 13.7. The fourth-order valence-corrected chi connectivity index (χ4v) is 5.79. The zero-order valence-electron chi connectivity index (χ0n) is 26.0. The molecule has 3 heterocycles. The summed E-state index contributed by atoms with van der Waals surface area (Å²) in [6.45, 7) is 1.32. The van der Waals surface area contributed by atoms with Crippen LogP contribution in [0.3, 0.4) is 0 Å². The first-order valence-corrected chi connectivity index (χ1v) is 16.2. The average Bonchev–Trinajstić information content (AvgIpc) is 3.54. The van der Waals surface area contributed by atoms with Crippen molar-refractivity contribution >= 4 is 40.4 Å². The van der Waals surface area contributed by atoms with Crippen molar-refractivity contribution in [2.24, 2.45) is 0 Å². The van der Waals surface area contributed by atoms with Crippen LogP contribution in [0.25, 0.3) is 0 Å². The molecule has 0 radical (unpaired) electrons. The summed E-state index contributed by atoms with van der Waals surface area (Å²) in [6.07, 6.45) is 1.21. The lowest BCUT2D eigenvalue weighted by molar-refractivity contribution is -0.137. The molecule has 48 heavy (non-hydrogen) atoms. The molecule has 1 fully saturated rings. The van der Waals surface area contributed by atoms with E-state index in [1.807, 2.05) is 48.5 Å². The number of aliphatic carboxylic acids is 1. The number of hydrogen-bond acceptors (Lipinski definition) is 11. The Hall–Kier alpha value is -5.28. The van der Waals surface area contributed by atoms with E-state index < -0.39 is 36.3 Å². The maximum atomic E-state index is 13.2. The molecule has 1 atom stereocenters. The van der Waals surface area contributed by atoms with Crippen molar-refractivity contribution in [3.05, 3.63) is 105 Å². The zero-order valence-corrected chi connectivity index (χ0v) is 26.8. The van der Waals surface area contributed by atoms with E-state index >= 15 is 0 Å². The molecular formula is C33H36N6O8S. The number of aromatic nitrogens is 3. The van der Waals surface area contributed by atoms with Crippen LogP contribution in [0.15, 0.2) is 77.0 Å². The van der Waals surface area contributed by atoms with E-state index in [1.165, 1.54) is 15.9 Å². The SMILES string of the molecule is O=C(O)CC(Cn1cc(C2CCOCC2)c(NCc2csc(NC(=O)OCc3ccccc3)n2)nc1=O)NC(=O)OCc1ccccc1. The van der Waals surface area contributed by atoms with Crippen LogP contribution in [0.2, 0.25) is 0 Å². The van der Waals surface area contributed by atoms with Gasteiger partial charge in [-0.25, -0.2) is 19.4 Å². The number of anilines is 2. The molecule has 15 heteroatoms. The summed E-state index contributed by atoms with van der Waals surface area (Å²) in [5.41, 5.74) is 2.39. The van der Waals surface area contributed by atoms with Crippen LogP contribution in [-0.2, 0) is 45.3 Å². The maximum absolute atomic E-state index is 13.2. The number of hydrogen-bond donors (Lipinski definition) is 4. The van der Waals surface area contributed by atoms with Gasteiger partial charge in [0.2, 0.25) is 0 Å². The van der Waals surface area contributed by atoms with E-state index in [2.05, 4.69) is 25.9 Å². The molecule has 2 aromatic carbocycles. The average molecular weight is 677 g/mol. The van der Waals surface area contributed by atoms with Gasteiger partial charge in [-0.3, -0.25) is 14.7 Å². The van der Waals surface area contributed by atoms with Gasteiger partial charge in [0.05, 0.1) is 24.7 Å². The van der Waals surface area contributed by atoms with E-state index in [0.29, 0.717) is 42.7 Å². The van der Waals surface area contributed by atoms with Gasteiger partial charge in [0.15, 0.2) is 5.13 Å². The van der Waals surface area contributed by atoms with Crippen LogP contribution in [0.5, 0.6) is 0 Å². The van der Waals surface area contributed by atoms with Crippen LogP contribution in [-0.4, -0.2) is 57.1 Å². The van der Waals surface area contributed by atoms with Gasteiger partial charge < -0.3 is 30.0 Å². The minimum Gasteiger partial charge on any atom is -0.481 e. The number of carboxylic acid groups (broad SMARTS) is 1. The van der Waals surface area contributed by atoms with Crippen molar-refractivity contribution in [3.8, 4) is 0 Å². The highest BCUT2D eigenvalue weighted by Gasteiger charge is 2.24. The topological polar surface area (TPSA) is 183 Å². The Labute approximate surface area is 280 Å². The number of nitrogens with one attached hydrogen (secondary N) is 3. The predicted molar refractivity (Wildman–Crippen MR) is 177 cm³/mol. The van der Waals surface area contributed by atoms with Gasteiger partial charge in [-0.15, -0.1) is 11.3 Å². The van der Waals surface area contributed by atoms with Gasteiger partial charge in [-0.1, -0.05) is 60.7 Å². The van der Waals surface area contributed by atoms with E-state index in [-0.39, 0.29) is 32.2 Å². The van der Waals surface area contributed by atoms with Crippen LogP contribution >= 0.6 is 11.3 Å². The molecule has 4 aromatic rings. The molecule has 2 aromatic heterocycles. The number of ether oxygens (including phenoxy) is 3. The summed E-state index contributed by atoms with van der Waals surface area (Å²) in [5, 5.41) is 20.0. The van der Waals surface area contributed by atoms with Crippen molar-refractivity contribution in [3.63, 3.8) is 0 Å². The Kier molecular flexibility index (Phi) is 12.1. The van der Waals surface area contributed by atoms with E-state index in [4.69, 9.17) is 14.2 Å². The number of nitrogens with zero attached hydrogens (tertiary/aromatic N) is 3. The fourth-order valence-electron chi connectivity index (χ4n) is 5.10. The fraction of sp³-hybridized carbons (Fsp3) is 0.333. The third kappa shape index (κ3) is 10.4. The summed E-state index contributed by atoms with van der Waals surface area (Å²) in [4.78, 5) is 58.4. The molecule has 1 aliphatic heterocycles. The number of thiazole rings is 1. The molecule has 14 nitrogen and oxygen atoms in total. The molecule has 252 valence electrons. The summed E-state index contributed by atoms with van der Waals surface area (Å²) in [6, 6.07) is 17.5. The van der Waals surface area contributed by atoms with Crippen molar-refractivity contribution < 1.29 is 33.7 Å². The zero-order chi connectivity index (χ0) is 33.7. The van der Waals surface area contributed by atoms with Gasteiger partial charge in [0.1, 0.15) is 19.0 Å². The highest BCUT2D eigenvalue weighted by molar-refractivity contribution is 7.13. The number of carbonyl (C=O) groups is 3. The number of amides is 2. The lowest BCUT2D eigenvalue weighted by Gasteiger charge is -2.25. The monoisotopic (exact) mass is 676 g/mol. The van der Waals surface area contributed by atoms with Crippen LogP contribution in [0.4, 0.5) is 20.5 Å². The predicted octanol–water partition coefficient (Wildman–Crippen LogP) is 4.72. The molecule has 1 saturated heterocycles. The summed E-state index contributed by atoms with van der Waals surface area (Å²) in [5.74, 6) is -0.749. The molecule has 1 aliphatic rings. The Morgan fingerprint density at radius 1 is 0.958 bits per heavy atom. The molecule has 0 aliphatic carbocycles. The maximum Gasteiger partial charge on any atom is 0.413 e. The molecule has 0 saturated carbocycles. The third-order valence-electron chi connectivity index (χ3n) is 7.47. The molecule has 5 rings (SSSR count). The molecule has 0 spiro atoms. The molecule has 2 amide bonds. The summed E-state index contributed by atoms with van der Waals surface area (Å²) in [7, 11) is 0. The van der Waals surface area contributed by atoms with Crippen molar-refractivity contribution in [2.45, 2.75) is 57.5 Å². The Morgan fingerprint density at radius 2 is 1.60 bits per heavy atom. The third-order valence-corrected chi connectivity index (χ3v) is 8.27. The van der Waals surface area contributed by atoms with E-state index in [1.54, 1.807) is 23.7 Å². The quantitative estimate of drug-likeness (QED) is 0.145. The first-order valence-electron chi connectivity index (χ1n) is 15.4. The minimum absolute atomic E-state index is 0.0110. The van der Waals surface area contributed by atoms with Gasteiger partial charge in [-0.2, -0.15) is 4.98 Å². The molecular weight excluding hydrogens is 640 g/mol. The van der Waals surface area contributed by atoms with Crippen LogP contribution < -0.4 is 21.6 Å². The Morgan fingerprint density at radius 3 is 2.25 bits per heavy atom. The second-order valence-corrected chi connectivity index (χ2v) is 11.9. The van der Waals surface area contributed by atoms with Crippen LogP contribution in [0.1, 0.15) is 47.6 Å². The van der Waals surface area contributed by atoms with E-state index in [9.17, 15) is 24.3 Å². The number of benzene rings is 2. The lowest BCUT2D eigenvalue weighted by Crippen LogP contribution is -2.42. The van der Waals surface area contributed by atoms with Gasteiger partial charge in [-0.05, 0) is 29.9 Å². The lowest BCUT2D eigenvalue weighted by atomic mass is 9.93. The number of rotatable bonds is 14. The number of alkyl carbamates (subject to hydrolysis) is 1. The highest BCUT2D eigenvalue weighted by atomic mass is 32.1. The first-order chi connectivity index (χ1) is 23.3. The Balaban J connectivity index is 1.24. The number of carboxylic acids is 1. The van der Waals surface area contributed by atoms with Gasteiger partial charge >= 0.3 is 23.8 Å². The largest absolute Gasteiger partial charge is 0.481 e. The summed E-state index contributed by atoms with van der Waals surface area (Å²) >= 11 is 1.23. The molecule has 0 bridgehead atoms. The van der Waals surface area contributed by atoms with Gasteiger partial charge in [0, 0.05) is 36.9 Å². The second-order valence-electron chi connectivity index (χ2n) is 11.1. The van der Waals surface area contributed by atoms with Crippen LogP contribution in [0, 0.1) is 0 Å². The van der Waals surface area contributed by atoms with E-state index in [0.717, 1.165) is 16.7 Å². The first kappa shape index (κ1) is 34.1.